The van der Waals surface area contributed by atoms with Gasteiger partial charge in [0.1, 0.15) is 11.5 Å². The van der Waals surface area contributed by atoms with E-state index in [1.54, 1.807) is 11.3 Å². The highest BCUT2D eigenvalue weighted by atomic mass is 32.1. The van der Waals surface area contributed by atoms with Crippen LogP contribution in [0.15, 0.2) is 34.1 Å². The van der Waals surface area contributed by atoms with Gasteiger partial charge in [0.15, 0.2) is 0 Å². The molecule has 2 fully saturated rings. The van der Waals surface area contributed by atoms with Crippen molar-refractivity contribution in [1.29, 1.82) is 0 Å². The third-order valence-electron chi connectivity index (χ3n) is 5.18. The van der Waals surface area contributed by atoms with Crippen LogP contribution in [0.4, 0.5) is 4.79 Å². The first-order valence-corrected chi connectivity index (χ1v) is 10.4. The van der Waals surface area contributed by atoms with Gasteiger partial charge in [0.25, 0.3) is 0 Å². The lowest BCUT2D eigenvalue weighted by Gasteiger charge is -2.20. The van der Waals surface area contributed by atoms with E-state index >= 15 is 0 Å². The van der Waals surface area contributed by atoms with E-state index in [1.807, 2.05) is 23.6 Å². The molecule has 2 atom stereocenters. The molecule has 2 aromatic heterocycles. The smallest absolute Gasteiger partial charge is 0.321 e. The van der Waals surface area contributed by atoms with Crippen molar-refractivity contribution >= 4 is 23.3 Å². The number of hydrogen-bond acceptors (Lipinski definition) is 5. The Kier molecular flexibility index (Phi) is 5.31. The van der Waals surface area contributed by atoms with Crippen LogP contribution in [0.1, 0.15) is 48.5 Å². The summed E-state index contributed by atoms with van der Waals surface area (Å²) in [5, 5.41) is 7.09. The fourth-order valence-corrected chi connectivity index (χ4v) is 3.97. The topological polar surface area (TPSA) is 74.6 Å². The zero-order valence-electron chi connectivity index (χ0n) is 15.4. The number of nitrogens with zero attached hydrogens (tertiary/aromatic N) is 1. The molecule has 0 aliphatic heterocycles. The zero-order chi connectivity index (χ0) is 18.8. The molecule has 0 aromatic carbocycles. The summed E-state index contributed by atoms with van der Waals surface area (Å²) < 4.78 is 5.98. The van der Waals surface area contributed by atoms with E-state index in [2.05, 4.69) is 28.5 Å². The monoisotopic (exact) mass is 387 g/mol. The van der Waals surface area contributed by atoms with Gasteiger partial charge in [0, 0.05) is 16.8 Å². The number of nitrogens with one attached hydrogen (secondary N) is 2. The van der Waals surface area contributed by atoms with Crippen LogP contribution < -0.4 is 10.6 Å². The maximum Gasteiger partial charge on any atom is 0.321 e. The molecule has 2 aliphatic carbocycles. The van der Waals surface area contributed by atoms with Crippen molar-refractivity contribution in [3.63, 3.8) is 0 Å². The summed E-state index contributed by atoms with van der Waals surface area (Å²) in [5.74, 6) is 2.94. The minimum absolute atomic E-state index is 0.201. The molecule has 2 aliphatic rings. The molecule has 0 radical (unpaired) electrons. The number of imide groups is 1. The van der Waals surface area contributed by atoms with Gasteiger partial charge in [-0.2, -0.15) is 0 Å². The normalized spacial score (nSPS) is 21.3. The Balaban J connectivity index is 1.25. The summed E-state index contributed by atoms with van der Waals surface area (Å²) in [5.41, 5.74) is 0. The van der Waals surface area contributed by atoms with Gasteiger partial charge in [-0.15, -0.1) is 11.3 Å². The third-order valence-corrected chi connectivity index (χ3v) is 6.06. The fourth-order valence-electron chi connectivity index (χ4n) is 3.33. The van der Waals surface area contributed by atoms with Crippen LogP contribution >= 0.6 is 11.3 Å². The lowest BCUT2D eigenvalue weighted by molar-refractivity contribution is -0.121. The standard InChI is InChI=1S/C20H25N3O3S/c1-13-9-17(13)18-7-6-15(26-18)11-23(14-4-5-14)12-19(24)22-20(25)21-10-16-3-2-8-27-16/h2-3,6-8,13-14,17H,4-5,9-12H2,1H3,(H2,21,22,24,25). The summed E-state index contributed by atoms with van der Waals surface area (Å²) in [7, 11) is 0. The van der Waals surface area contributed by atoms with E-state index in [1.165, 1.54) is 6.42 Å². The van der Waals surface area contributed by atoms with Crippen molar-refractivity contribution < 1.29 is 14.0 Å². The van der Waals surface area contributed by atoms with Gasteiger partial charge < -0.3 is 9.73 Å². The lowest BCUT2D eigenvalue weighted by Crippen LogP contribution is -2.44. The highest BCUT2D eigenvalue weighted by molar-refractivity contribution is 7.09. The minimum atomic E-state index is -0.452. The molecule has 0 spiro atoms. The highest BCUT2D eigenvalue weighted by Crippen LogP contribution is 2.47. The van der Waals surface area contributed by atoms with Crippen LogP contribution in [-0.4, -0.2) is 29.4 Å². The van der Waals surface area contributed by atoms with Crippen molar-refractivity contribution in [3.05, 3.63) is 46.0 Å². The second-order valence-corrected chi connectivity index (χ2v) is 8.60. The van der Waals surface area contributed by atoms with Crippen LogP contribution in [-0.2, 0) is 17.9 Å². The maximum atomic E-state index is 12.3. The van der Waals surface area contributed by atoms with Crippen molar-refractivity contribution in [1.82, 2.24) is 15.5 Å². The third kappa shape index (κ3) is 4.99. The van der Waals surface area contributed by atoms with E-state index in [9.17, 15) is 9.59 Å². The molecule has 27 heavy (non-hydrogen) atoms. The Labute approximate surface area is 162 Å². The lowest BCUT2D eigenvalue weighted by atomic mass is 10.3. The minimum Gasteiger partial charge on any atom is -0.464 e. The predicted octanol–water partition coefficient (Wildman–Crippen LogP) is 3.45. The Hall–Kier alpha value is -2.12. The Morgan fingerprint density at radius 1 is 1.30 bits per heavy atom. The number of rotatable bonds is 8. The fraction of sp³-hybridized carbons (Fsp3) is 0.500. The van der Waals surface area contributed by atoms with Crippen molar-refractivity contribution in [3.8, 4) is 0 Å². The van der Waals surface area contributed by atoms with Crippen LogP contribution in [0, 0.1) is 5.92 Å². The van der Waals surface area contributed by atoms with Gasteiger partial charge in [-0.1, -0.05) is 13.0 Å². The van der Waals surface area contributed by atoms with E-state index < -0.39 is 6.03 Å². The molecule has 2 heterocycles. The Morgan fingerprint density at radius 3 is 2.78 bits per heavy atom. The predicted molar refractivity (Wildman–Crippen MR) is 103 cm³/mol. The van der Waals surface area contributed by atoms with Gasteiger partial charge in [0.05, 0.1) is 19.6 Å². The maximum absolute atomic E-state index is 12.3. The Bertz CT molecular complexity index is 797. The Morgan fingerprint density at radius 2 is 2.11 bits per heavy atom. The van der Waals surface area contributed by atoms with E-state index in [0.29, 0.717) is 31.0 Å². The van der Waals surface area contributed by atoms with Crippen LogP contribution in [0.5, 0.6) is 0 Å². The number of carbonyl (C=O) groups is 2. The first-order chi connectivity index (χ1) is 13.1. The molecule has 2 saturated carbocycles. The van der Waals surface area contributed by atoms with Gasteiger partial charge in [-0.05, 0) is 48.8 Å². The molecule has 3 amide bonds. The van der Waals surface area contributed by atoms with Gasteiger partial charge >= 0.3 is 6.03 Å². The molecule has 4 rings (SSSR count). The number of thiophene rings is 1. The van der Waals surface area contributed by atoms with Crippen molar-refractivity contribution in [2.75, 3.05) is 6.54 Å². The van der Waals surface area contributed by atoms with Gasteiger partial charge in [0.2, 0.25) is 5.91 Å². The quantitative estimate of drug-likeness (QED) is 0.727. The number of amides is 3. The molecule has 2 unspecified atom stereocenters. The second-order valence-electron chi connectivity index (χ2n) is 7.57. The van der Waals surface area contributed by atoms with Gasteiger partial charge in [-0.3, -0.25) is 15.0 Å². The second kappa shape index (κ2) is 7.86. The van der Waals surface area contributed by atoms with E-state index in [4.69, 9.17) is 4.42 Å². The summed E-state index contributed by atoms with van der Waals surface area (Å²) in [4.78, 5) is 27.3. The molecular weight excluding hydrogens is 362 g/mol. The average Bonchev–Trinajstić information content (AvgIpc) is 3.49. The number of hydrogen-bond donors (Lipinski definition) is 2. The van der Waals surface area contributed by atoms with Crippen LogP contribution in [0.3, 0.4) is 0 Å². The number of furan rings is 1. The largest absolute Gasteiger partial charge is 0.464 e. The van der Waals surface area contributed by atoms with Crippen molar-refractivity contribution in [2.24, 2.45) is 5.92 Å². The molecule has 6 nitrogen and oxygen atoms in total. The van der Waals surface area contributed by atoms with E-state index in [0.717, 1.165) is 29.2 Å². The number of carbonyl (C=O) groups excluding carboxylic acids is 2. The molecule has 0 bridgehead atoms. The SMILES string of the molecule is CC1CC1c1ccc(CN(CC(=O)NC(=O)NCc2cccs2)C2CC2)o1. The summed E-state index contributed by atoms with van der Waals surface area (Å²) in [6.07, 6.45) is 3.37. The molecule has 144 valence electrons. The summed E-state index contributed by atoms with van der Waals surface area (Å²) in [6.45, 7) is 3.47. The summed E-state index contributed by atoms with van der Waals surface area (Å²) >= 11 is 1.57. The molecule has 2 aromatic rings. The number of urea groups is 1. The van der Waals surface area contributed by atoms with Crippen LogP contribution in [0.25, 0.3) is 0 Å². The van der Waals surface area contributed by atoms with Crippen molar-refractivity contribution in [2.45, 2.75) is 51.2 Å². The highest BCUT2D eigenvalue weighted by Gasteiger charge is 2.37. The first kappa shape index (κ1) is 18.3. The molecule has 2 N–H and O–H groups in total. The van der Waals surface area contributed by atoms with Gasteiger partial charge in [-0.25, -0.2) is 4.79 Å². The molecule has 0 saturated heterocycles. The molecule has 7 heteroatoms. The molecular formula is C20H25N3O3S. The zero-order valence-corrected chi connectivity index (χ0v) is 16.3. The van der Waals surface area contributed by atoms with Crippen LogP contribution in [0.2, 0.25) is 0 Å². The van der Waals surface area contributed by atoms with E-state index in [-0.39, 0.29) is 12.5 Å². The summed E-state index contributed by atoms with van der Waals surface area (Å²) in [6, 6.07) is 7.91. The first-order valence-electron chi connectivity index (χ1n) is 9.51. The average molecular weight is 388 g/mol.